The fourth-order valence-corrected chi connectivity index (χ4v) is 2.95. The van der Waals surface area contributed by atoms with Crippen LogP contribution in [0.3, 0.4) is 0 Å². The monoisotopic (exact) mass is 258 g/mol. The van der Waals surface area contributed by atoms with Crippen molar-refractivity contribution in [3.05, 3.63) is 41.3 Å². The second-order valence-electron chi connectivity index (χ2n) is 4.93. The summed E-state index contributed by atoms with van der Waals surface area (Å²) in [6.07, 6.45) is 6.83. The van der Waals surface area contributed by atoms with Crippen molar-refractivity contribution < 1.29 is 0 Å². The largest absolute Gasteiger partial charge is 0.384 e. The van der Waals surface area contributed by atoms with Gasteiger partial charge in [0.15, 0.2) is 0 Å². The first-order valence-corrected chi connectivity index (χ1v) is 6.50. The molecule has 0 bridgehead atoms. The van der Waals surface area contributed by atoms with Gasteiger partial charge in [-0.2, -0.15) is 5.10 Å². The number of aromatic nitrogens is 3. The van der Waals surface area contributed by atoms with E-state index < -0.39 is 0 Å². The minimum atomic E-state index is -0.0623. The van der Waals surface area contributed by atoms with Crippen molar-refractivity contribution in [1.29, 1.82) is 0 Å². The molecule has 0 saturated heterocycles. The minimum absolute atomic E-state index is 0.0623. The first kappa shape index (κ1) is 12.1. The third kappa shape index (κ3) is 2.09. The van der Waals surface area contributed by atoms with Gasteiger partial charge in [0.05, 0.1) is 12.2 Å². The number of nitrogens with one attached hydrogen (secondary N) is 2. The quantitative estimate of drug-likeness (QED) is 0.485. The van der Waals surface area contributed by atoms with Crippen molar-refractivity contribution in [3.63, 3.8) is 0 Å². The number of aryl methyl sites for hydroxylation is 1. The number of hydrogen-bond donors (Lipinski definition) is 4. The summed E-state index contributed by atoms with van der Waals surface area (Å²) in [5, 5.41) is 6.73. The van der Waals surface area contributed by atoms with Gasteiger partial charge in [0.2, 0.25) is 0 Å². The highest BCUT2D eigenvalue weighted by atomic mass is 15.2. The molecule has 0 aromatic carbocycles. The number of nitrogens with zero attached hydrogens (tertiary/aromatic N) is 2. The lowest BCUT2D eigenvalue weighted by molar-refractivity contribution is 0.401. The van der Waals surface area contributed by atoms with Gasteiger partial charge < -0.3 is 5.73 Å². The summed E-state index contributed by atoms with van der Waals surface area (Å²) in [5.41, 5.74) is 12.1. The molecule has 3 rings (SSSR count). The highest BCUT2D eigenvalue weighted by Gasteiger charge is 2.31. The van der Waals surface area contributed by atoms with E-state index in [0.717, 1.165) is 30.5 Å². The summed E-state index contributed by atoms with van der Waals surface area (Å²) in [7, 11) is 0. The number of fused-ring (bicyclic) bond motifs is 1. The van der Waals surface area contributed by atoms with Crippen LogP contribution in [0.5, 0.6) is 0 Å². The average molecular weight is 258 g/mol. The van der Waals surface area contributed by atoms with E-state index >= 15 is 0 Å². The van der Waals surface area contributed by atoms with Crippen LogP contribution in [-0.2, 0) is 6.42 Å². The summed E-state index contributed by atoms with van der Waals surface area (Å²) in [5.74, 6) is 6.54. The lowest BCUT2D eigenvalue weighted by Crippen LogP contribution is -2.34. The Labute approximate surface area is 111 Å². The Balaban J connectivity index is 2.00. The van der Waals surface area contributed by atoms with Gasteiger partial charge in [-0.05, 0) is 30.9 Å². The van der Waals surface area contributed by atoms with Crippen molar-refractivity contribution >= 4 is 5.82 Å². The molecular weight excluding hydrogens is 240 g/mol. The van der Waals surface area contributed by atoms with E-state index in [1.54, 1.807) is 6.20 Å². The van der Waals surface area contributed by atoms with Gasteiger partial charge in [-0.25, -0.2) is 0 Å². The SMILES string of the molecule is NNC(c1cn[nH]c1N)C1CCCc2cccnc21. The molecule has 6 nitrogen and oxygen atoms in total. The Kier molecular flexibility index (Phi) is 3.18. The molecule has 6 N–H and O–H groups in total. The fraction of sp³-hybridized carbons (Fsp3) is 0.385. The minimum Gasteiger partial charge on any atom is -0.384 e. The van der Waals surface area contributed by atoms with Crippen LogP contribution in [0.4, 0.5) is 5.82 Å². The first-order chi connectivity index (χ1) is 9.31. The lowest BCUT2D eigenvalue weighted by Gasteiger charge is -2.30. The fourth-order valence-electron chi connectivity index (χ4n) is 2.95. The van der Waals surface area contributed by atoms with E-state index in [2.05, 4.69) is 26.7 Å². The smallest absolute Gasteiger partial charge is 0.123 e. The second-order valence-corrected chi connectivity index (χ2v) is 4.93. The topological polar surface area (TPSA) is 106 Å². The third-order valence-corrected chi connectivity index (χ3v) is 3.86. The first-order valence-electron chi connectivity index (χ1n) is 6.50. The molecule has 2 aromatic rings. The number of hydrogen-bond acceptors (Lipinski definition) is 5. The van der Waals surface area contributed by atoms with Crippen LogP contribution in [0.1, 0.15) is 41.6 Å². The number of pyridine rings is 1. The van der Waals surface area contributed by atoms with Gasteiger partial charge in [-0.1, -0.05) is 6.07 Å². The maximum atomic E-state index is 5.91. The van der Waals surface area contributed by atoms with Crippen LogP contribution < -0.4 is 17.0 Å². The number of rotatable bonds is 3. The summed E-state index contributed by atoms with van der Waals surface area (Å²) < 4.78 is 0. The molecule has 0 fully saturated rings. The van der Waals surface area contributed by atoms with Crippen LogP contribution in [0.15, 0.2) is 24.5 Å². The Morgan fingerprint density at radius 2 is 2.37 bits per heavy atom. The molecule has 2 atom stereocenters. The zero-order chi connectivity index (χ0) is 13.2. The zero-order valence-corrected chi connectivity index (χ0v) is 10.6. The van der Waals surface area contributed by atoms with Crippen LogP contribution >= 0.6 is 0 Å². The van der Waals surface area contributed by atoms with Crippen molar-refractivity contribution in [2.24, 2.45) is 5.84 Å². The summed E-state index contributed by atoms with van der Waals surface area (Å²) in [6, 6.07) is 4.06. The van der Waals surface area contributed by atoms with E-state index in [1.807, 2.05) is 12.3 Å². The molecule has 100 valence electrons. The molecule has 0 amide bonds. The van der Waals surface area contributed by atoms with E-state index in [0.29, 0.717) is 5.82 Å². The van der Waals surface area contributed by atoms with Crippen molar-refractivity contribution in [1.82, 2.24) is 20.6 Å². The number of H-pyrrole nitrogens is 1. The highest BCUT2D eigenvalue weighted by molar-refractivity contribution is 5.42. The second kappa shape index (κ2) is 4.99. The highest BCUT2D eigenvalue weighted by Crippen LogP contribution is 2.39. The van der Waals surface area contributed by atoms with Crippen LogP contribution in [0.2, 0.25) is 0 Å². The van der Waals surface area contributed by atoms with E-state index in [-0.39, 0.29) is 12.0 Å². The van der Waals surface area contributed by atoms with E-state index in [4.69, 9.17) is 11.6 Å². The van der Waals surface area contributed by atoms with E-state index in [1.165, 1.54) is 5.56 Å². The predicted molar refractivity (Wildman–Crippen MR) is 73.0 cm³/mol. The third-order valence-electron chi connectivity index (χ3n) is 3.86. The number of nitrogens with two attached hydrogens (primary N) is 2. The maximum Gasteiger partial charge on any atom is 0.123 e. The van der Waals surface area contributed by atoms with Gasteiger partial charge in [0.25, 0.3) is 0 Å². The normalized spacial score (nSPS) is 19.9. The van der Waals surface area contributed by atoms with Crippen molar-refractivity contribution in [2.75, 3.05) is 5.73 Å². The Hall–Kier alpha value is -1.92. The van der Waals surface area contributed by atoms with Crippen molar-refractivity contribution in [3.8, 4) is 0 Å². The number of hydrazine groups is 1. The maximum absolute atomic E-state index is 5.91. The molecular formula is C13H18N6. The number of nitrogen functional groups attached to an aromatic ring is 1. The summed E-state index contributed by atoms with van der Waals surface area (Å²) in [6.45, 7) is 0. The standard InChI is InChI=1S/C13H18N6/c14-13-10(7-17-19-13)12(18-15)9-5-1-3-8-4-2-6-16-11(8)9/h2,4,6-7,9,12,18H,1,3,5,15H2,(H3,14,17,19). The van der Waals surface area contributed by atoms with Crippen LogP contribution in [-0.4, -0.2) is 15.2 Å². The Morgan fingerprint density at radius 1 is 1.47 bits per heavy atom. The predicted octanol–water partition coefficient (Wildman–Crippen LogP) is 1.01. The van der Waals surface area contributed by atoms with Crippen LogP contribution in [0, 0.1) is 0 Å². The van der Waals surface area contributed by atoms with Gasteiger partial charge in [0.1, 0.15) is 5.82 Å². The molecule has 2 aromatic heterocycles. The summed E-state index contributed by atoms with van der Waals surface area (Å²) >= 11 is 0. The molecule has 2 unspecified atom stereocenters. The number of anilines is 1. The molecule has 1 aliphatic carbocycles. The molecule has 0 aliphatic heterocycles. The van der Waals surface area contributed by atoms with Gasteiger partial charge in [0, 0.05) is 23.4 Å². The van der Waals surface area contributed by atoms with Gasteiger partial charge in [-0.15, -0.1) is 0 Å². The molecule has 19 heavy (non-hydrogen) atoms. The van der Waals surface area contributed by atoms with Crippen LogP contribution in [0.25, 0.3) is 0 Å². The molecule has 0 radical (unpaired) electrons. The average Bonchev–Trinajstić information content (AvgIpc) is 2.86. The molecule has 0 saturated carbocycles. The summed E-state index contributed by atoms with van der Waals surface area (Å²) in [4.78, 5) is 4.54. The lowest BCUT2D eigenvalue weighted by atomic mass is 9.80. The Morgan fingerprint density at radius 3 is 3.11 bits per heavy atom. The Bertz CT molecular complexity index is 564. The van der Waals surface area contributed by atoms with Gasteiger partial charge in [-0.3, -0.25) is 21.4 Å². The van der Waals surface area contributed by atoms with E-state index in [9.17, 15) is 0 Å². The number of aromatic amines is 1. The molecule has 1 aliphatic rings. The molecule has 0 spiro atoms. The van der Waals surface area contributed by atoms with Gasteiger partial charge >= 0.3 is 0 Å². The zero-order valence-electron chi connectivity index (χ0n) is 10.6. The molecule has 6 heteroatoms. The van der Waals surface area contributed by atoms with Crippen molar-refractivity contribution in [2.45, 2.75) is 31.2 Å². The molecule has 2 heterocycles.